The van der Waals surface area contributed by atoms with Crippen LogP contribution < -0.4 is 14.5 Å². The molecule has 2 aliphatic heterocycles. The van der Waals surface area contributed by atoms with Gasteiger partial charge in [0, 0.05) is 54.8 Å². The number of aromatic nitrogens is 2. The second kappa shape index (κ2) is 12.6. The monoisotopic (exact) mass is 579 g/mol. The number of fused-ring (bicyclic) bond motifs is 2. The number of carbonyl (C=O) groups is 1. The van der Waals surface area contributed by atoms with Gasteiger partial charge in [0.25, 0.3) is 0 Å². The van der Waals surface area contributed by atoms with Gasteiger partial charge in [-0.3, -0.25) is 4.79 Å². The minimum absolute atomic E-state index is 0.125. The van der Waals surface area contributed by atoms with E-state index in [9.17, 15) is 4.79 Å². The van der Waals surface area contributed by atoms with Gasteiger partial charge in [0.15, 0.2) is 0 Å². The van der Waals surface area contributed by atoms with Crippen molar-refractivity contribution in [2.45, 2.75) is 44.3 Å². The van der Waals surface area contributed by atoms with Crippen LogP contribution in [-0.4, -0.2) is 91.2 Å². The largest absolute Gasteiger partial charge is 0.463 e. The Morgan fingerprint density at radius 3 is 2.77 bits per heavy atom. The van der Waals surface area contributed by atoms with Crippen molar-refractivity contribution in [3.8, 4) is 6.01 Å². The minimum Gasteiger partial charge on any atom is -0.463 e. The molecule has 2 aromatic carbocycles. The zero-order valence-electron chi connectivity index (χ0n) is 25.3. The van der Waals surface area contributed by atoms with E-state index >= 15 is 0 Å². The highest BCUT2D eigenvalue weighted by Gasteiger charge is 2.35. The number of nitrogens with zero attached hydrogens (tertiary/aromatic N) is 7. The first-order valence-corrected chi connectivity index (χ1v) is 15.4. The Hall–Kier alpha value is -4.16. The SMILES string of the molecule is [C-]#[N+]CC1CN(c2nc(OCC3CCCC3N(C)C)nc3c2CCN(c2cccc4ccccc24)C3)CCN1C(=O)C=C. The lowest BCUT2D eigenvalue weighted by Crippen LogP contribution is -2.56. The number of anilines is 2. The van der Waals surface area contributed by atoms with Crippen molar-refractivity contribution in [1.29, 1.82) is 0 Å². The Kier molecular flexibility index (Phi) is 8.48. The van der Waals surface area contributed by atoms with Crippen molar-refractivity contribution < 1.29 is 9.53 Å². The molecule has 0 bridgehead atoms. The van der Waals surface area contributed by atoms with E-state index in [-0.39, 0.29) is 18.5 Å². The highest BCUT2D eigenvalue weighted by molar-refractivity contribution is 5.94. The summed E-state index contributed by atoms with van der Waals surface area (Å²) < 4.78 is 6.41. The van der Waals surface area contributed by atoms with Crippen LogP contribution in [0, 0.1) is 12.5 Å². The number of amides is 1. The third kappa shape index (κ3) is 5.89. The smallest absolute Gasteiger partial charge is 0.318 e. The molecule has 3 aromatic rings. The highest BCUT2D eigenvalue weighted by atomic mass is 16.5. The average molecular weight is 580 g/mol. The molecular formula is C34H41N7O2. The molecule has 1 saturated heterocycles. The highest BCUT2D eigenvalue weighted by Crippen LogP contribution is 2.35. The van der Waals surface area contributed by atoms with Gasteiger partial charge in [0.2, 0.25) is 12.5 Å². The van der Waals surface area contributed by atoms with E-state index in [2.05, 4.69) is 82.7 Å². The van der Waals surface area contributed by atoms with E-state index in [1.807, 2.05) is 0 Å². The van der Waals surface area contributed by atoms with Gasteiger partial charge < -0.3 is 29.2 Å². The van der Waals surface area contributed by atoms with Gasteiger partial charge in [0.05, 0.1) is 18.8 Å². The molecule has 3 unspecified atom stereocenters. The van der Waals surface area contributed by atoms with Crippen molar-refractivity contribution in [2.75, 3.05) is 63.2 Å². The number of ether oxygens (including phenoxy) is 1. The Morgan fingerprint density at radius 1 is 1.12 bits per heavy atom. The van der Waals surface area contributed by atoms with E-state index in [1.54, 1.807) is 4.90 Å². The average Bonchev–Trinajstić information content (AvgIpc) is 3.52. The van der Waals surface area contributed by atoms with Gasteiger partial charge in [-0.15, -0.1) is 0 Å². The number of carbonyl (C=O) groups excluding carboxylic acids is 1. The van der Waals surface area contributed by atoms with Gasteiger partial charge in [-0.05, 0) is 50.9 Å². The number of rotatable bonds is 8. The summed E-state index contributed by atoms with van der Waals surface area (Å²) in [5.41, 5.74) is 3.34. The number of hydrogen-bond donors (Lipinski definition) is 0. The van der Waals surface area contributed by atoms with Gasteiger partial charge in [-0.25, -0.2) is 6.57 Å². The fourth-order valence-corrected chi connectivity index (χ4v) is 7.19. The van der Waals surface area contributed by atoms with Crippen molar-refractivity contribution in [3.05, 3.63) is 77.8 Å². The lowest BCUT2D eigenvalue weighted by molar-refractivity contribution is -0.128. The molecule has 3 heterocycles. The summed E-state index contributed by atoms with van der Waals surface area (Å²) in [5, 5.41) is 2.46. The van der Waals surface area contributed by atoms with Gasteiger partial charge in [0.1, 0.15) is 11.9 Å². The van der Waals surface area contributed by atoms with Crippen LogP contribution in [-0.2, 0) is 17.8 Å². The molecule has 1 aliphatic carbocycles. The molecule has 224 valence electrons. The normalized spacial score (nSPS) is 22.0. The Bertz CT molecular complexity index is 1530. The molecule has 3 aliphatic rings. The molecule has 1 saturated carbocycles. The fraction of sp³-hybridized carbons (Fsp3) is 0.471. The molecule has 1 aromatic heterocycles. The van der Waals surface area contributed by atoms with E-state index in [0.717, 1.165) is 36.5 Å². The third-order valence-electron chi connectivity index (χ3n) is 9.38. The van der Waals surface area contributed by atoms with Crippen LogP contribution in [0.3, 0.4) is 0 Å². The summed E-state index contributed by atoms with van der Waals surface area (Å²) in [6, 6.07) is 15.7. The maximum atomic E-state index is 12.6. The number of hydrogen-bond acceptors (Lipinski definition) is 7. The second-order valence-corrected chi connectivity index (χ2v) is 12.1. The van der Waals surface area contributed by atoms with Crippen LogP contribution in [0.15, 0.2) is 55.1 Å². The van der Waals surface area contributed by atoms with Crippen molar-refractivity contribution >= 4 is 28.2 Å². The van der Waals surface area contributed by atoms with Crippen LogP contribution >= 0.6 is 0 Å². The molecule has 43 heavy (non-hydrogen) atoms. The molecule has 0 spiro atoms. The van der Waals surface area contributed by atoms with Crippen LogP contribution in [0.2, 0.25) is 0 Å². The predicted octanol–water partition coefficient (Wildman–Crippen LogP) is 4.42. The zero-order chi connectivity index (χ0) is 29.9. The minimum atomic E-state index is -0.221. The lowest BCUT2D eigenvalue weighted by atomic mass is 10.0. The van der Waals surface area contributed by atoms with Crippen LogP contribution in [0.25, 0.3) is 15.6 Å². The molecule has 0 radical (unpaired) electrons. The topological polar surface area (TPSA) is 69.4 Å². The molecule has 1 amide bonds. The first-order chi connectivity index (χ1) is 21.0. The second-order valence-electron chi connectivity index (χ2n) is 12.1. The van der Waals surface area contributed by atoms with Gasteiger partial charge >= 0.3 is 6.01 Å². The Morgan fingerprint density at radius 2 is 1.95 bits per heavy atom. The molecule has 6 rings (SSSR count). The quantitative estimate of drug-likeness (QED) is 0.289. The molecule has 9 nitrogen and oxygen atoms in total. The summed E-state index contributed by atoms with van der Waals surface area (Å²) >= 11 is 0. The van der Waals surface area contributed by atoms with Crippen molar-refractivity contribution in [2.24, 2.45) is 5.92 Å². The predicted molar refractivity (Wildman–Crippen MR) is 170 cm³/mol. The summed E-state index contributed by atoms with van der Waals surface area (Å²) in [4.78, 5) is 35.0. The zero-order valence-corrected chi connectivity index (χ0v) is 25.3. The molecule has 0 N–H and O–H groups in total. The molecule has 9 heteroatoms. The van der Waals surface area contributed by atoms with E-state index in [1.165, 1.54) is 35.4 Å². The number of piperazine rings is 1. The fourth-order valence-electron chi connectivity index (χ4n) is 7.19. The molecule has 2 fully saturated rings. The summed E-state index contributed by atoms with van der Waals surface area (Å²) in [7, 11) is 4.29. The Balaban J connectivity index is 1.32. The first-order valence-electron chi connectivity index (χ1n) is 15.4. The summed E-state index contributed by atoms with van der Waals surface area (Å²) in [6.07, 6.45) is 5.69. The summed E-state index contributed by atoms with van der Waals surface area (Å²) in [5.74, 6) is 1.20. The first kappa shape index (κ1) is 28.9. The third-order valence-corrected chi connectivity index (χ3v) is 9.38. The molecule has 3 atom stereocenters. The van der Waals surface area contributed by atoms with E-state index in [0.29, 0.717) is 50.8 Å². The standard InChI is InChI=1S/C34H41N7O2/c1-5-32(42)41-19-18-40(21-26(41)20-35-2)33-28-16-17-39(31-15-8-11-24-10-6-7-13-27(24)31)22-29(28)36-34(37-33)43-23-25-12-9-14-30(25)38(3)4/h5-8,10-11,13,15,25-26,30H,1,9,12,14,16-23H2,3-4H3. The van der Waals surface area contributed by atoms with E-state index in [4.69, 9.17) is 21.3 Å². The van der Waals surface area contributed by atoms with Gasteiger partial charge in [-0.1, -0.05) is 49.4 Å². The van der Waals surface area contributed by atoms with Crippen LogP contribution in [0.5, 0.6) is 6.01 Å². The van der Waals surface area contributed by atoms with Gasteiger partial charge in [-0.2, -0.15) is 9.97 Å². The van der Waals surface area contributed by atoms with Crippen molar-refractivity contribution in [3.63, 3.8) is 0 Å². The molecular weight excluding hydrogens is 538 g/mol. The number of benzene rings is 2. The lowest BCUT2D eigenvalue weighted by Gasteiger charge is -2.41. The van der Waals surface area contributed by atoms with Crippen LogP contribution in [0.1, 0.15) is 30.5 Å². The van der Waals surface area contributed by atoms with Crippen LogP contribution in [0.4, 0.5) is 11.5 Å². The maximum Gasteiger partial charge on any atom is 0.318 e. The van der Waals surface area contributed by atoms with Crippen molar-refractivity contribution in [1.82, 2.24) is 19.8 Å². The summed E-state index contributed by atoms with van der Waals surface area (Å²) in [6.45, 7) is 15.2. The van der Waals surface area contributed by atoms with E-state index < -0.39 is 0 Å². The Labute approximate surface area is 254 Å². The maximum absolute atomic E-state index is 12.6.